The Morgan fingerprint density at radius 1 is 0.971 bits per heavy atom. The maximum absolute atomic E-state index is 13.5. The molecule has 0 bridgehead atoms. The molecule has 0 unspecified atom stereocenters. The molecule has 8 heteroatoms. The molecule has 4 rings (SSSR count). The normalized spacial score (nSPS) is 12.1. The third-order valence-electron chi connectivity index (χ3n) is 5.53. The number of hydrogen-bond acceptors (Lipinski definition) is 2. The first-order valence-corrected chi connectivity index (χ1v) is 11.1. The summed E-state index contributed by atoms with van der Waals surface area (Å²) in [6.07, 6.45) is -4.42. The summed E-state index contributed by atoms with van der Waals surface area (Å²) in [5.41, 5.74) is 4.18. The fourth-order valence-electron chi connectivity index (χ4n) is 3.84. The van der Waals surface area contributed by atoms with Crippen LogP contribution in [0.5, 0.6) is 0 Å². The quantitative estimate of drug-likeness (QED) is 0.149. The number of aromatic nitrogens is 1. The minimum atomic E-state index is -4.42. The lowest BCUT2D eigenvalue weighted by Crippen LogP contribution is -2.05. The molecular weight excluding hydrogens is 480 g/mol. The smallest absolute Gasteiger partial charge is 0.391 e. The van der Waals surface area contributed by atoms with Gasteiger partial charge in [-0.15, -0.1) is 0 Å². The first-order valence-electron chi connectivity index (χ1n) is 10.7. The first-order chi connectivity index (χ1) is 16.6. The van der Waals surface area contributed by atoms with E-state index in [2.05, 4.69) is 5.16 Å². The van der Waals surface area contributed by atoms with Gasteiger partial charge in [-0.3, -0.25) is 0 Å². The molecular formula is C27H21ClF4N2O. The molecule has 0 saturated heterocycles. The summed E-state index contributed by atoms with van der Waals surface area (Å²) in [7, 11) is 0. The van der Waals surface area contributed by atoms with Gasteiger partial charge in [-0.2, -0.15) is 13.2 Å². The van der Waals surface area contributed by atoms with E-state index in [1.54, 1.807) is 31.2 Å². The summed E-state index contributed by atoms with van der Waals surface area (Å²) in [6, 6.07) is 20.3. The standard InChI is InChI=1S/C27H21ClF4N2O/c1-17(33-35-16-19-5-3-6-21(13-19)27(30,31)32)25-15-26(20-9-11-23(29)12-10-20)34(18(25)2)24-8-4-7-22(28)14-24/h3-15H,16H2,1-2H3/b33-17-. The van der Waals surface area contributed by atoms with E-state index in [0.29, 0.717) is 16.3 Å². The second-order valence-electron chi connectivity index (χ2n) is 8.00. The second-order valence-corrected chi connectivity index (χ2v) is 8.44. The molecule has 180 valence electrons. The zero-order valence-corrected chi connectivity index (χ0v) is 19.7. The van der Waals surface area contributed by atoms with Gasteiger partial charge in [0.05, 0.1) is 17.0 Å². The van der Waals surface area contributed by atoms with Gasteiger partial charge in [-0.25, -0.2) is 4.39 Å². The minimum absolute atomic E-state index is 0.111. The van der Waals surface area contributed by atoms with Crippen molar-refractivity contribution in [2.24, 2.45) is 5.16 Å². The molecule has 0 saturated carbocycles. The van der Waals surface area contributed by atoms with Crippen molar-refractivity contribution in [3.63, 3.8) is 0 Å². The summed E-state index contributed by atoms with van der Waals surface area (Å²) < 4.78 is 54.4. The van der Waals surface area contributed by atoms with Gasteiger partial charge in [0, 0.05) is 22.0 Å². The molecule has 0 N–H and O–H groups in total. The average molecular weight is 501 g/mol. The van der Waals surface area contributed by atoms with Crippen molar-refractivity contribution in [3.05, 3.63) is 112 Å². The summed E-state index contributed by atoms with van der Waals surface area (Å²) in [6.45, 7) is 3.56. The number of rotatable bonds is 6. The van der Waals surface area contributed by atoms with Crippen LogP contribution in [0.1, 0.15) is 29.3 Å². The molecule has 1 aromatic heterocycles. The fourth-order valence-corrected chi connectivity index (χ4v) is 4.03. The third-order valence-corrected chi connectivity index (χ3v) is 5.77. The Hall–Kier alpha value is -3.58. The van der Waals surface area contributed by atoms with Crippen molar-refractivity contribution in [2.45, 2.75) is 26.6 Å². The van der Waals surface area contributed by atoms with Gasteiger partial charge < -0.3 is 9.40 Å². The minimum Gasteiger partial charge on any atom is -0.391 e. The average Bonchev–Trinajstić information content (AvgIpc) is 3.16. The van der Waals surface area contributed by atoms with E-state index in [1.807, 2.05) is 35.8 Å². The molecule has 0 radical (unpaired) electrons. The highest BCUT2D eigenvalue weighted by Gasteiger charge is 2.30. The van der Waals surface area contributed by atoms with Crippen LogP contribution in [0.2, 0.25) is 5.02 Å². The van der Waals surface area contributed by atoms with Crippen molar-refractivity contribution >= 4 is 17.3 Å². The Kier molecular flexibility index (Phi) is 6.98. The van der Waals surface area contributed by atoms with E-state index >= 15 is 0 Å². The van der Waals surface area contributed by atoms with E-state index in [9.17, 15) is 17.6 Å². The van der Waals surface area contributed by atoms with Gasteiger partial charge in [0.2, 0.25) is 0 Å². The van der Waals surface area contributed by atoms with Crippen molar-refractivity contribution in [1.29, 1.82) is 0 Å². The third kappa shape index (κ3) is 5.57. The van der Waals surface area contributed by atoms with Crippen LogP contribution >= 0.6 is 11.6 Å². The number of nitrogens with zero attached hydrogens (tertiary/aromatic N) is 2. The van der Waals surface area contributed by atoms with E-state index in [-0.39, 0.29) is 12.4 Å². The lowest BCUT2D eigenvalue weighted by molar-refractivity contribution is -0.137. The zero-order chi connectivity index (χ0) is 25.2. The molecule has 35 heavy (non-hydrogen) atoms. The molecule has 4 aromatic rings. The summed E-state index contributed by atoms with van der Waals surface area (Å²) >= 11 is 6.22. The second kappa shape index (κ2) is 9.96. The zero-order valence-electron chi connectivity index (χ0n) is 18.9. The fraction of sp³-hybridized carbons (Fsp3) is 0.148. The topological polar surface area (TPSA) is 26.5 Å². The van der Waals surface area contributed by atoms with Gasteiger partial charge in [0.15, 0.2) is 0 Å². The number of hydrogen-bond donors (Lipinski definition) is 0. The Labute approximate surface area is 205 Å². The predicted molar refractivity (Wildman–Crippen MR) is 129 cm³/mol. The van der Waals surface area contributed by atoms with Crippen molar-refractivity contribution in [2.75, 3.05) is 0 Å². The first kappa shape index (κ1) is 24.5. The SMILES string of the molecule is C/C(=N/OCc1cccc(C(F)(F)F)c1)c1cc(-c2ccc(F)cc2)n(-c2cccc(Cl)c2)c1C. The molecule has 3 nitrogen and oxygen atoms in total. The Morgan fingerprint density at radius 2 is 1.69 bits per heavy atom. The van der Waals surface area contributed by atoms with E-state index < -0.39 is 11.7 Å². The number of oxime groups is 1. The molecule has 0 atom stereocenters. The predicted octanol–water partition coefficient (Wildman–Crippen LogP) is 8.20. The summed E-state index contributed by atoms with van der Waals surface area (Å²) in [5, 5.41) is 4.72. The largest absolute Gasteiger partial charge is 0.416 e. The molecule has 0 aliphatic rings. The number of benzene rings is 3. The molecule has 0 aliphatic carbocycles. The maximum Gasteiger partial charge on any atom is 0.416 e. The Balaban J connectivity index is 1.67. The van der Waals surface area contributed by atoms with Crippen molar-refractivity contribution in [3.8, 4) is 16.9 Å². The van der Waals surface area contributed by atoms with Crippen LogP contribution in [0.15, 0.2) is 84.0 Å². The van der Waals surface area contributed by atoms with E-state index in [1.165, 1.54) is 18.2 Å². The lowest BCUT2D eigenvalue weighted by Gasteiger charge is -2.13. The van der Waals surface area contributed by atoms with Gasteiger partial charge in [-0.1, -0.05) is 35.0 Å². The highest BCUT2D eigenvalue weighted by Crippen LogP contribution is 2.32. The monoisotopic (exact) mass is 500 g/mol. The van der Waals surface area contributed by atoms with Crippen LogP contribution < -0.4 is 0 Å². The van der Waals surface area contributed by atoms with Gasteiger partial charge in [0.25, 0.3) is 0 Å². The van der Waals surface area contributed by atoms with Gasteiger partial charge >= 0.3 is 6.18 Å². The Morgan fingerprint density at radius 3 is 2.37 bits per heavy atom. The maximum atomic E-state index is 13.5. The highest BCUT2D eigenvalue weighted by molar-refractivity contribution is 6.30. The van der Waals surface area contributed by atoms with Crippen LogP contribution in [0.25, 0.3) is 16.9 Å². The molecule has 0 fully saturated rings. The number of alkyl halides is 3. The molecule has 0 spiro atoms. The van der Waals surface area contributed by atoms with Crippen LogP contribution in [0.4, 0.5) is 17.6 Å². The Bertz CT molecular complexity index is 1370. The van der Waals surface area contributed by atoms with Crippen molar-refractivity contribution < 1.29 is 22.4 Å². The summed E-state index contributed by atoms with van der Waals surface area (Å²) in [4.78, 5) is 5.39. The van der Waals surface area contributed by atoms with E-state index in [0.717, 1.165) is 40.3 Å². The molecule has 0 aliphatic heterocycles. The highest BCUT2D eigenvalue weighted by atomic mass is 35.5. The molecule has 1 heterocycles. The van der Waals surface area contributed by atoms with Crippen LogP contribution in [-0.4, -0.2) is 10.3 Å². The number of halogens is 5. The van der Waals surface area contributed by atoms with Crippen molar-refractivity contribution in [1.82, 2.24) is 4.57 Å². The molecule has 0 amide bonds. The summed E-state index contributed by atoms with van der Waals surface area (Å²) in [5.74, 6) is -0.340. The van der Waals surface area contributed by atoms with Gasteiger partial charge in [-0.05, 0) is 85.6 Å². The molecule has 3 aromatic carbocycles. The van der Waals surface area contributed by atoms with Crippen LogP contribution in [0, 0.1) is 12.7 Å². The lowest BCUT2D eigenvalue weighted by atomic mass is 10.1. The van der Waals surface area contributed by atoms with Gasteiger partial charge in [0.1, 0.15) is 12.4 Å². The van der Waals surface area contributed by atoms with Crippen LogP contribution in [0.3, 0.4) is 0 Å². The van der Waals surface area contributed by atoms with E-state index in [4.69, 9.17) is 16.4 Å². The van der Waals surface area contributed by atoms with Crippen LogP contribution in [-0.2, 0) is 17.6 Å².